The summed E-state index contributed by atoms with van der Waals surface area (Å²) in [6.07, 6.45) is 0.459. The van der Waals surface area contributed by atoms with Crippen molar-refractivity contribution < 1.29 is 14.5 Å². The predicted octanol–water partition coefficient (Wildman–Crippen LogP) is 2.47. The Hall–Kier alpha value is -2.62. The SMILES string of the molecule is COC(=O)C(CC(C)C)Nc1cc(C#N)ccc1[N+](=O)[O-]. The number of nitriles is 1. The number of rotatable bonds is 6. The van der Waals surface area contributed by atoms with Crippen LogP contribution in [0.4, 0.5) is 11.4 Å². The first-order valence-electron chi connectivity index (χ1n) is 6.42. The number of benzene rings is 1. The molecule has 0 radical (unpaired) electrons. The van der Waals surface area contributed by atoms with Crippen molar-refractivity contribution in [1.29, 1.82) is 5.26 Å². The first-order valence-corrected chi connectivity index (χ1v) is 6.42. The molecule has 0 aliphatic rings. The summed E-state index contributed by atoms with van der Waals surface area (Å²) in [6, 6.07) is 5.16. The highest BCUT2D eigenvalue weighted by atomic mass is 16.6. The summed E-state index contributed by atoms with van der Waals surface area (Å²) < 4.78 is 4.71. The average Bonchev–Trinajstić information content (AvgIpc) is 2.44. The maximum absolute atomic E-state index is 11.8. The maximum atomic E-state index is 11.8. The van der Waals surface area contributed by atoms with Crippen molar-refractivity contribution in [2.45, 2.75) is 26.3 Å². The fourth-order valence-corrected chi connectivity index (χ4v) is 1.90. The van der Waals surface area contributed by atoms with E-state index < -0.39 is 16.9 Å². The third kappa shape index (κ3) is 4.45. The molecule has 1 unspecified atom stereocenters. The van der Waals surface area contributed by atoms with Gasteiger partial charge in [-0.05, 0) is 24.5 Å². The summed E-state index contributed by atoms with van der Waals surface area (Å²) in [5.41, 5.74) is 0.220. The lowest BCUT2D eigenvalue weighted by molar-refractivity contribution is -0.384. The summed E-state index contributed by atoms with van der Waals surface area (Å²) >= 11 is 0. The van der Waals surface area contributed by atoms with E-state index in [-0.39, 0.29) is 22.9 Å². The minimum absolute atomic E-state index is 0.134. The molecule has 0 spiro atoms. The third-order valence-corrected chi connectivity index (χ3v) is 2.84. The molecule has 0 heterocycles. The van der Waals surface area contributed by atoms with E-state index in [1.54, 1.807) is 0 Å². The van der Waals surface area contributed by atoms with Crippen LogP contribution in [0.15, 0.2) is 18.2 Å². The van der Waals surface area contributed by atoms with Crippen molar-refractivity contribution in [3.8, 4) is 6.07 Å². The lowest BCUT2D eigenvalue weighted by Crippen LogP contribution is -2.32. The van der Waals surface area contributed by atoms with Gasteiger partial charge in [0.05, 0.1) is 23.7 Å². The normalized spacial score (nSPS) is 11.6. The summed E-state index contributed by atoms with van der Waals surface area (Å²) in [4.78, 5) is 22.2. The van der Waals surface area contributed by atoms with Crippen molar-refractivity contribution >= 4 is 17.3 Å². The van der Waals surface area contributed by atoms with Crippen LogP contribution in [-0.2, 0) is 9.53 Å². The Morgan fingerprint density at radius 2 is 2.19 bits per heavy atom. The van der Waals surface area contributed by atoms with Gasteiger partial charge in [0.25, 0.3) is 5.69 Å². The Balaban J connectivity index is 3.14. The summed E-state index contributed by atoms with van der Waals surface area (Å²) in [7, 11) is 1.26. The molecule has 7 nitrogen and oxygen atoms in total. The number of anilines is 1. The summed E-state index contributed by atoms with van der Waals surface area (Å²) in [5, 5.41) is 22.7. The molecule has 0 fully saturated rings. The molecule has 1 atom stereocenters. The van der Waals surface area contributed by atoms with Gasteiger partial charge in [0, 0.05) is 6.07 Å². The van der Waals surface area contributed by atoms with Gasteiger partial charge in [0.15, 0.2) is 0 Å². The van der Waals surface area contributed by atoms with E-state index in [2.05, 4.69) is 5.32 Å². The predicted molar refractivity (Wildman–Crippen MR) is 76.7 cm³/mol. The van der Waals surface area contributed by atoms with Gasteiger partial charge in [-0.1, -0.05) is 13.8 Å². The number of esters is 1. The van der Waals surface area contributed by atoms with E-state index >= 15 is 0 Å². The number of hydrogen-bond donors (Lipinski definition) is 1. The third-order valence-electron chi connectivity index (χ3n) is 2.84. The Morgan fingerprint density at radius 1 is 1.52 bits per heavy atom. The van der Waals surface area contributed by atoms with Crippen molar-refractivity contribution in [3.05, 3.63) is 33.9 Å². The summed E-state index contributed by atoms with van der Waals surface area (Å²) in [6.45, 7) is 3.86. The number of carbonyl (C=O) groups excluding carboxylic acids is 1. The molecule has 7 heteroatoms. The van der Waals surface area contributed by atoms with Gasteiger partial charge in [0.1, 0.15) is 11.7 Å². The molecule has 1 N–H and O–H groups in total. The lowest BCUT2D eigenvalue weighted by atomic mass is 10.0. The van der Waals surface area contributed by atoms with E-state index in [1.807, 2.05) is 19.9 Å². The molecule has 0 saturated carbocycles. The highest BCUT2D eigenvalue weighted by Crippen LogP contribution is 2.27. The molecule has 0 bridgehead atoms. The van der Waals surface area contributed by atoms with Crippen LogP contribution in [0.2, 0.25) is 0 Å². The first kappa shape index (κ1) is 16.4. The highest BCUT2D eigenvalue weighted by molar-refractivity contribution is 5.80. The monoisotopic (exact) mass is 291 g/mol. The van der Waals surface area contributed by atoms with Crippen LogP contribution in [0.1, 0.15) is 25.8 Å². The van der Waals surface area contributed by atoms with Gasteiger partial charge in [-0.15, -0.1) is 0 Å². The molecular formula is C14H17N3O4. The standard InChI is InChI=1S/C14H17N3O4/c1-9(2)6-12(14(18)21-3)16-11-7-10(8-15)4-5-13(11)17(19)20/h4-5,7,9,12,16H,6H2,1-3H3. The molecule has 0 aliphatic heterocycles. The number of ether oxygens (including phenoxy) is 1. The van der Waals surface area contributed by atoms with Gasteiger partial charge in [-0.3, -0.25) is 10.1 Å². The molecule has 1 aromatic rings. The largest absolute Gasteiger partial charge is 0.467 e. The fraction of sp³-hybridized carbons (Fsp3) is 0.429. The van der Waals surface area contributed by atoms with Crippen LogP contribution in [0.3, 0.4) is 0 Å². The fourth-order valence-electron chi connectivity index (χ4n) is 1.90. The Morgan fingerprint density at radius 3 is 2.67 bits per heavy atom. The molecule has 0 aromatic heterocycles. The second kappa shape index (κ2) is 7.24. The van der Waals surface area contributed by atoms with Crippen molar-refractivity contribution in [2.75, 3.05) is 12.4 Å². The minimum atomic E-state index is -0.706. The van der Waals surface area contributed by atoms with E-state index in [1.165, 1.54) is 25.3 Å². The number of nitrogens with zero attached hydrogens (tertiary/aromatic N) is 2. The van der Waals surface area contributed by atoms with Crippen molar-refractivity contribution in [3.63, 3.8) is 0 Å². The molecule has 0 amide bonds. The van der Waals surface area contributed by atoms with E-state index in [0.717, 1.165) is 0 Å². The van der Waals surface area contributed by atoms with E-state index in [9.17, 15) is 14.9 Å². The Labute approximate surface area is 122 Å². The van der Waals surface area contributed by atoms with E-state index in [0.29, 0.717) is 6.42 Å². The van der Waals surface area contributed by atoms with Crippen LogP contribution in [0, 0.1) is 27.4 Å². The Kier molecular flexibility index (Phi) is 5.67. The molecular weight excluding hydrogens is 274 g/mol. The number of carbonyl (C=O) groups is 1. The highest BCUT2D eigenvalue weighted by Gasteiger charge is 2.24. The second-order valence-corrected chi connectivity index (χ2v) is 4.95. The van der Waals surface area contributed by atoms with Crippen LogP contribution >= 0.6 is 0 Å². The molecule has 112 valence electrons. The second-order valence-electron chi connectivity index (χ2n) is 4.95. The Bertz CT molecular complexity index is 578. The maximum Gasteiger partial charge on any atom is 0.328 e. The molecule has 0 saturated heterocycles. The molecule has 1 rings (SSSR count). The number of methoxy groups -OCH3 is 1. The van der Waals surface area contributed by atoms with Crippen molar-refractivity contribution in [1.82, 2.24) is 0 Å². The average molecular weight is 291 g/mol. The van der Waals surface area contributed by atoms with E-state index in [4.69, 9.17) is 10.00 Å². The van der Waals surface area contributed by atoms with Crippen LogP contribution in [0.25, 0.3) is 0 Å². The minimum Gasteiger partial charge on any atom is -0.467 e. The zero-order chi connectivity index (χ0) is 16.0. The van der Waals surface area contributed by atoms with Gasteiger partial charge in [0.2, 0.25) is 0 Å². The van der Waals surface area contributed by atoms with Gasteiger partial charge in [-0.2, -0.15) is 5.26 Å². The van der Waals surface area contributed by atoms with Crippen molar-refractivity contribution in [2.24, 2.45) is 5.92 Å². The van der Waals surface area contributed by atoms with Gasteiger partial charge in [-0.25, -0.2) is 4.79 Å². The number of nitro benzene ring substituents is 1. The first-order chi connectivity index (χ1) is 9.88. The summed E-state index contributed by atoms with van der Waals surface area (Å²) in [5.74, 6) is -0.305. The van der Waals surface area contributed by atoms with Gasteiger partial charge >= 0.3 is 5.97 Å². The number of hydrogen-bond acceptors (Lipinski definition) is 6. The zero-order valence-electron chi connectivity index (χ0n) is 12.1. The smallest absolute Gasteiger partial charge is 0.328 e. The topological polar surface area (TPSA) is 105 Å². The zero-order valence-corrected chi connectivity index (χ0v) is 12.1. The number of nitrogens with one attached hydrogen (secondary N) is 1. The molecule has 21 heavy (non-hydrogen) atoms. The molecule has 0 aliphatic carbocycles. The molecule has 1 aromatic carbocycles. The number of nitro groups is 1. The lowest BCUT2D eigenvalue weighted by Gasteiger charge is -2.19. The van der Waals surface area contributed by atoms with Crippen LogP contribution in [0.5, 0.6) is 0 Å². The quantitative estimate of drug-likeness (QED) is 0.490. The van der Waals surface area contributed by atoms with Gasteiger partial charge < -0.3 is 10.1 Å². The van der Waals surface area contributed by atoms with Crippen LogP contribution in [-0.4, -0.2) is 24.0 Å². The van der Waals surface area contributed by atoms with Crippen LogP contribution < -0.4 is 5.32 Å².